The molecule has 14 heavy (non-hydrogen) atoms. The summed E-state index contributed by atoms with van der Waals surface area (Å²) in [4.78, 5) is 3.97. The molecule has 0 spiro atoms. The number of nitrogens with zero attached hydrogens (tertiary/aromatic N) is 1. The molecule has 0 aliphatic rings. The highest BCUT2D eigenvalue weighted by atomic mass is 16.5. The van der Waals surface area contributed by atoms with Gasteiger partial charge in [0.15, 0.2) is 0 Å². The molecule has 1 rings (SSSR count). The quantitative estimate of drug-likeness (QED) is 0.796. The smallest absolute Gasteiger partial charge is 0.0977 e. The largest absolute Gasteiger partial charge is 0.369 e. The maximum absolute atomic E-state index is 5.87. The fourth-order valence-electron chi connectivity index (χ4n) is 1.35. The lowest BCUT2D eigenvalue weighted by atomic mass is 10.1. The Balaban J connectivity index is 2.78. The zero-order valence-electron chi connectivity index (χ0n) is 8.97. The Kier molecular flexibility index (Phi) is 4.04. The van der Waals surface area contributed by atoms with Gasteiger partial charge in [0.25, 0.3) is 0 Å². The van der Waals surface area contributed by atoms with E-state index in [0.717, 1.165) is 5.56 Å². The van der Waals surface area contributed by atoms with E-state index in [1.165, 1.54) is 0 Å². The molecule has 0 aliphatic heterocycles. The van der Waals surface area contributed by atoms with Crippen LogP contribution in [0.1, 0.15) is 32.4 Å². The average molecular weight is 194 g/mol. The first-order valence-corrected chi connectivity index (χ1v) is 4.92. The number of hydrogen-bond acceptors (Lipinski definition) is 3. The van der Waals surface area contributed by atoms with Gasteiger partial charge in [-0.05, 0) is 38.5 Å². The van der Waals surface area contributed by atoms with Gasteiger partial charge in [0, 0.05) is 18.4 Å². The highest BCUT2D eigenvalue weighted by Crippen LogP contribution is 2.20. The van der Waals surface area contributed by atoms with Crippen LogP contribution in [0.25, 0.3) is 0 Å². The molecule has 0 fully saturated rings. The third-order valence-corrected chi connectivity index (χ3v) is 1.93. The molecule has 1 heterocycles. The normalized spacial score (nSPS) is 15.5. The van der Waals surface area contributed by atoms with Crippen LogP contribution in [0.4, 0.5) is 0 Å². The van der Waals surface area contributed by atoms with Gasteiger partial charge in [-0.3, -0.25) is 4.98 Å². The molecule has 3 heteroatoms. The van der Waals surface area contributed by atoms with Crippen LogP contribution < -0.4 is 5.73 Å². The van der Waals surface area contributed by atoms with Crippen LogP contribution in [-0.4, -0.2) is 17.1 Å². The summed E-state index contributed by atoms with van der Waals surface area (Å²) in [5.74, 6) is 0. The average Bonchev–Trinajstić information content (AvgIpc) is 2.15. The number of rotatable bonds is 4. The second-order valence-electron chi connectivity index (χ2n) is 3.75. The van der Waals surface area contributed by atoms with E-state index in [9.17, 15) is 0 Å². The van der Waals surface area contributed by atoms with Gasteiger partial charge in [0.1, 0.15) is 0 Å². The first-order chi connectivity index (χ1) is 6.61. The molecule has 3 nitrogen and oxygen atoms in total. The minimum Gasteiger partial charge on any atom is -0.369 e. The summed E-state index contributed by atoms with van der Waals surface area (Å²) < 4.78 is 5.74. The molecule has 1 aromatic rings. The van der Waals surface area contributed by atoms with E-state index in [1.54, 1.807) is 12.4 Å². The molecular formula is C11H18N2O. The number of pyridine rings is 1. The predicted octanol–water partition coefficient (Wildman–Crippen LogP) is 1.89. The van der Waals surface area contributed by atoms with Gasteiger partial charge >= 0.3 is 0 Å². The molecule has 1 aromatic heterocycles. The Labute approximate surface area is 85.3 Å². The Bertz CT molecular complexity index is 259. The van der Waals surface area contributed by atoms with E-state index in [1.807, 2.05) is 32.9 Å². The van der Waals surface area contributed by atoms with E-state index in [0.29, 0.717) is 0 Å². The Morgan fingerprint density at radius 2 is 1.79 bits per heavy atom. The summed E-state index contributed by atoms with van der Waals surface area (Å²) in [6, 6.07) is 3.87. The molecule has 78 valence electrons. The Morgan fingerprint density at radius 3 is 2.21 bits per heavy atom. The Morgan fingerprint density at radius 1 is 1.21 bits per heavy atom. The van der Waals surface area contributed by atoms with Gasteiger partial charge in [-0.25, -0.2) is 0 Å². The standard InChI is InChI=1S/C11H18N2O/c1-8(2)14-11(9(3)12)10-4-6-13-7-5-10/h4-9,11H,12H2,1-3H3. The van der Waals surface area contributed by atoms with E-state index in [2.05, 4.69) is 4.98 Å². The van der Waals surface area contributed by atoms with Gasteiger partial charge in [-0.1, -0.05) is 0 Å². The summed E-state index contributed by atoms with van der Waals surface area (Å²) >= 11 is 0. The lowest BCUT2D eigenvalue weighted by molar-refractivity contribution is -0.00516. The molecule has 0 aliphatic carbocycles. The first kappa shape index (κ1) is 11.1. The summed E-state index contributed by atoms with van der Waals surface area (Å²) in [7, 11) is 0. The van der Waals surface area contributed by atoms with E-state index in [4.69, 9.17) is 10.5 Å². The molecule has 0 aromatic carbocycles. The van der Waals surface area contributed by atoms with Crippen molar-refractivity contribution in [1.82, 2.24) is 4.98 Å². The zero-order chi connectivity index (χ0) is 10.6. The predicted molar refractivity (Wildman–Crippen MR) is 56.8 cm³/mol. The molecule has 0 saturated carbocycles. The molecule has 0 saturated heterocycles. The molecular weight excluding hydrogens is 176 g/mol. The maximum Gasteiger partial charge on any atom is 0.0977 e. The van der Waals surface area contributed by atoms with Crippen molar-refractivity contribution in [3.8, 4) is 0 Å². The third kappa shape index (κ3) is 3.09. The Hall–Kier alpha value is -0.930. The van der Waals surface area contributed by atoms with Gasteiger partial charge in [-0.2, -0.15) is 0 Å². The summed E-state index contributed by atoms with van der Waals surface area (Å²) in [5, 5.41) is 0. The van der Waals surface area contributed by atoms with Crippen LogP contribution >= 0.6 is 0 Å². The molecule has 0 radical (unpaired) electrons. The summed E-state index contributed by atoms with van der Waals surface area (Å²) in [6.07, 6.45) is 3.65. The van der Waals surface area contributed by atoms with Crippen LogP contribution in [-0.2, 0) is 4.74 Å². The van der Waals surface area contributed by atoms with Crippen molar-refractivity contribution in [3.63, 3.8) is 0 Å². The van der Waals surface area contributed by atoms with Crippen molar-refractivity contribution < 1.29 is 4.74 Å². The van der Waals surface area contributed by atoms with Crippen molar-refractivity contribution in [2.45, 2.75) is 39.0 Å². The van der Waals surface area contributed by atoms with Crippen LogP contribution in [0.2, 0.25) is 0 Å². The topological polar surface area (TPSA) is 48.1 Å². The van der Waals surface area contributed by atoms with Crippen molar-refractivity contribution in [2.24, 2.45) is 5.73 Å². The van der Waals surface area contributed by atoms with E-state index < -0.39 is 0 Å². The van der Waals surface area contributed by atoms with Crippen molar-refractivity contribution in [2.75, 3.05) is 0 Å². The minimum absolute atomic E-state index is 0.0141. The summed E-state index contributed by atoms with van der Waals surface area (Å²) in [6.45, 7) is 5.97. The second-order valence-corrected chi connectivity index (χ2v) is 3.75. The monoisotopic (exact) mass is 194 g/mol. The lowest BCUT2D eigenvalue weighted by Gasteiger charge is -2.23. The van der Waals surface area contributed by atoms with Gasteiger partial charge in [-0.15, -0.1) is 0 Å². The number of nitrogens with two attached hydrogens (primary N) is 1. The van der Waals surface area contributed by atoms with Crippen molar-refractivity contribution in [3.05, 3.63) is 30.1 Å². The van der Waals surface area contributed by atoms with Crippen LogP contribution in [0.15, 0.2) is 24.5 Å². The van der Waals surface area contributed by atoms with Crippen molar-refractivity contribution >= 4 is 0 Å². The first-order valence-electron chi connectivity index (χ1n) is 4.92. The number of ether oxygens (including phenoxy) is 1. The second kappa shape index (κ2) is 5.08. The molecule has 0 bridgehead atoms. The SMILES string of the molecule is CC(C)OC(c1ccncc1)C(C)N. The zero-order valence-corrected chi connectivity index (χ0v) is 8.97. The fourth-order valence-corrected chi connectivity index (χ4v) is 1.35. The van der Waals surface area contributed by atoms with E-state index in [-0.39, 0.29) is 18.2 Å². The highest BCUT2D eigenvalue weighted by molar-refractivity contribution is 5.15. The van der Waals surface area contributed by atoms with Gasteiger partial charge in [0.05, 0.1) is 12.2 Å². The number of hydrogen-bond donors (Lipinski definition) is 1. The minimum atomic E-state index is -0.0435. The number of aromatic nitrogens is 1. The third-order valence-electron chi connectivity index (χ3n) is 1.93. The molecule has 2 unspecified atom stereocenters. The summed E-state index contributed by atoms with van der Waals surface area (Å²) in [5.41, 5.74) is 6.96. The van der Waals surface area contributed by atoms with E-state index >= 15 is 0 Å². The van der Waals surface area contributed by atoms with Crippen LogP contribution in [0.5, 0.6) is 0 Å². The van der Waals surface area contributed by atoms with Crippen LogP contribution in [0, 0.1) is 0 Å². The molecule has 0 amide bonds. The van der Waals surface area contributed by atoms with Crippen LogP contribution in [0.3, 0.4) is 0 Å². The maximum atomic E-state index is 5.87. The molecule has 2 atom stereocenters. The fraction of sp³-hybridized carbons (Fsp3) is 0.545. The van der Waals surface area contributed by atoms with Gasteiger partial charge < -0.3 is 10.5 Å². The highest BCUT2D eigenvalue weighted by Gasteiger charge is 2.17. The van der Waals surface area contributed by atoms with Crippen molar-refractivity contribution in [1.29, 1.82) is 0 Å². The lowest BCUT2D eigenvalue weighted by Crippen LogP contribution is -2.28. The molecule has 2 N–H and O–H groups in total. The van der Waals surface area contributed by atoms with Gasteiger partial charge in [0.2, 0.25) is 0 Å².